The van der Waals surface area contributed by atoms with Crippen LogP contribution in [-0.2, 0) is 17.5 Å². The van der Waals surface area contributed by atoms with Crippen molar-refractivity contribution in [3.05, 3.63) is 29.3 Å². The number of nitrogens with one attached hydrogen (secondary N) is 1. The van der Waals surface area contributed by atoms with Gasteiger partial charge in [0, 0.05) is 20.2 Å². The van der Waals surface area contributed by atoms with E-state index in [1.807, 2.05) is 0 Å². The average Bonchev–Trinajstić information content (AvgIpc) is 2.41. The van der Waals surface area contributed by atoms with Gasteiger partial charge in [-0.05, 0) is 17.7 Å². The lowest BCUT2D eigenvalue weighted by Crippen LogP contribution is -2.19. The van der Waals surface area contributed by atoms with Gasteiger partial charge in [-0.3, -0.25) is 0 Å². The maximum Gasteiger partial charge on any atom is 0.419 e. The summed E-state index contributed by atoms with van der Waals surface area (Å²) in [7, 11) is 1.51. The zero-order valence-electron chi connectivity index (χ0n) is 11.3. The molecule has 0 aliphatic carbocycles. The van der Waals surface area contributed by atoms with Gasteiger partial charge in [-0.25, -0.2) is 8.78 Å². The van der Waals surface area contributed by atoms with Crippen molar-refractivity contribution in [2.75, 3.05) is 26.9 Å². The molecule has 0 bridgehead atoms. The van der Waals surface area contributed by atoms with Crippen molar-refractivity contribution in [3.63, 3.8) is 0 Å². The number of hydrogen-bond acceptors (Lipinski definition) is 3. The molecule has 1 N–H and O–H groups in total. The molecule has 120 valence electrons. The topological polar surface area (TPSA) is 30.5 Å². The highest BCUT2D eigenvalue weighted by molar-refractivity contribution is 5.39. The van der Waals surface area contributed by atoms with Crippen LogP contribution >= 0.6 is 0 Å². The molecule has 0 aliphatic heterocycles. The Balaban J connectivity index is 2.81. The van der Waals surface area contributed by atoms with Gasteiger partial charge >= 0.3 is 6.18 Å². The molecule has 0 spiro atoms. The van der Waals surface area contributed by atoms with E-state index in [4.69, 9.17) is 4.74 Å². The van der Waals surface area contributed by atoms with Crippen LogP contribution in [0.25, 0.3) is 0 Å². The fourth-order valence-electron chi connectivity index (χ4n) is 1.59. The average molecular weight is 313 g/mol. The first-order valence-corrected chi connectivity index (χ1v) is 6.15. The zero-order chi connectivity index (χ0) is 15.9. The second kappa shape index (κ2) is 8.14. The summed E-state index contributed by atoms with van der Waals surface area (Å²) in [5, 5.41) is 2.90. The highest BCUT2D eigenvalue weighted by Crippen LogP contribution is 2.37. The van der Waals surface area contributed by atoms with E-state index in [1.54, 1.807) is 0 Å². The van der Waals surface area contributed by atoms with Gasteiger partial charge in [0.05, 0.1) is 12.2 Å². The predicted molar refractivity (Wildman–Crippen MR) is 66.5 cm³/mol. The summed E-state index contributed by atoms with van der Waals surface area (Å²) >= 11 is 0. The highest BCUT2D eigenvalue weighted by atomic mass is 19.4. The molecule has 0 aromatic heterocycles. The molecular formula is C13H16F5NO2. The maximum atomic E-state index is 12.9. The second-order valence-electron chi connectivity index (χ2n) is 4.20. The monoisotopic (exact) mass is 313 g/mol. The number of ether oxygens (including phenoxy) is 2. The van der Waals surface area contributed by atoms with E-state index < -0.39 is 30.5 Å². The van der Waals surface area contributed by atoms with Crippen LogP contribution in [0, 0.1) is 0 Å². The fourth-order valence-corrected chi connectivity index (χ4v) is 1.59. The molecule has 0 saturated carbocycles. The lowest BCUT2D eigenvalue weighted by Gasteiger charge is -2.15. The lowest BCUT2D eigenvalue weighted by atomic mass is 10.1. The largest absolute Gasteiger partial charge is 0.487 e. The Morgan fingerprint density at radius 1 is 1.24 bits per heavy atom. The summed E-state index contributed by atoms with van der Waals surface area (Å²) in [5.74, 6) is -0.594. The van der Waals surface area contributed by atoms with Gasteiger partial charge in [0.15, 0.2) is 0 Å². The van der Waals surface area contributed by atoms with E-state index in [9.17, 15) is 22.0 Å². The maximum absolute atomic E-state index is 12.9. The lowest BCUT2D eigenvalue weighted by molar-refractivity contribution is -0.139. The molecule has 0 amide bonds. The molecule has 1 rings (SSSR count). The molecule has 1 aromatic rings. The van der Waals surface area contributed by atoms with Crippen molar-refractivity contribution in [2.45, 2.75) is 19.1 Å². The zero-order valence-corrected chi connectivity index (χ0v) is 11.3. The second-order valence-corrected chi connectivity index (χ2v) is 4.20. The van der Waals surface area contributed by atoms with Crippen LogP contribution in [0.1, 0.15) is 11.1 Å². The van der Waals surface area contributed by atoms with Crippen LogP contribution in [0.15, 0.2) is 18.2 Å². The molecule has 21 heavy (non-hydrogen) atoms. The molecule has 0 unspecified atom stereocenters. The van der Waals surface area contributed by atoms with Crippen LogP contribution in [0.4, 0.5) is 22.0 Å². The van der Waals surface area contributed by atoms with Gasteiger partial charge in [-0.2, -0.15) is 13.2 Å². The molecule has 3 nitrogen and oxygen atoms in total. The molecule has 0 radical (unpaired) electrons. The van der Waals surface area contributed by atoms with Crippen molar-refractivity contribution in [1.29, 1.82) is 0 Å². The van der Waals surface area contributed by atoms with E-state index in [1.165, 1.54) is 13.2 Å². The minimum Gasteiger partial charge on any atom is -0.487 e. The molecule has 0 aliphatic rings. The third-order valence-corrected chi connectivity index (χ3v) is 2.53. The standard InChI is InChI=1S/C13H16F5NO2/c1-20-5-4-19-7-9-2-3-11(21-8-12(14)15)10(6-9)13(16,17)18/h2-3,6,12,19H,4-5,7-8H2,1H3. The minimum atomic E-state index is -4.67. The van der Waals surface area contributed by atoms with Gasteiger partial charge in [0.2, 0.25) is 0 Å². The van der Waals surface area contributed by atoms with E-state index in [-0.39, 0.29) is 6.54 Å². The Bertz CT molecular complexity index is 437. The van der Waals surface area contributed by atoms with Crippen LogP contribution in [0.2, 0.25) is 0 Å². The molecule has 8 heteroatoms. The minimum absolute atomic E-state index is 0.210. The summed E-state index contributed by atoms with van der Waals surface area (Å²) in [4.78, 5) is 0. The number of rotatable bonds is 8. The first-order valence-electron chi connectivity index (χ1n) is 6.15. The third-order valence-electron chi connectivity index (χ3n) is 2.53. The quantitative estimate of drug-likeness (QED) is 0.591. The summed E-state index contributed by atoms with van der Waals surface area (Å²) in [6.45, 7) is 0.0548. The highest BCUT2D eigenvalue weighted by Gasteiger charge is 2.34. The molecule has 0 fully saturated rings. The first kappa shape index (κ1) is 17.6. The number of hydrogen-bond donors (Lipinski definition) is 1. The van der Waals surface area contributed by atoms with E-state index in [2.05, 4.69) is 10.1 Å². The first-order chi connectivity index (χ1) is 9.84. The number of benzene rings is 1. The number of alkyl halides is 5. The van der Waals surface area contributed by atoms with Gasteiger partial charge in [0.25, 0.3) is 6.43 Å². The Morgan fingerprint density at radius 2 is 1.95 bits per heavy atom. The summed E-state index contributed by atoms with van der Waals surface area (Å²) in [6, 6.07) is 3.34. The van der Waals surface area contributed by atoms with Crippen molar-refractivity contribution in [3.8, 4) is 5.75 Å². The van der Waals surface area contributed by atoms with Gasteiger partial charge in [0.1, 0.15) is 12.4 Å². The van der Waals surface area contributed by atoms with Crippen molar-refractivity contribution in [2.24, 2.45) is 0 Å². The van der Waals surface area contributed by atoms with Crippen molar-refractivity contribution >= 4 is 0 Å². The number of halogens is 5. The van der Waals surface area contributed by atoms with Crippen LogP contribution < -0.4 is 10.1 Å². The molecule has 1 aromatic carbocycles. The number of methoxy groups -OCH3 is 1. The molecule has 0 heterocycles. The third kappa shape index (κ3) is 6.26. The smallest absolute Gasteiger partial charge is 0.419 e. The van der Waals surface area contributed by atoms with Gasteiger partial charge in [-0.1, -0.05) is 6.07 Å². The molecular weight excluding hydrogens is 297 g/mol. The normalized spacial score (nSPS) is 12.0. The van der Waals surface area contributed by atoms with Crippen molar-refractivity contribution < 1.29 is 31.4 Å². The summed E-state index contributed by atoms with van der Waals surface area (Å²) < 4.78 is 72.1. The Hall–Kier alpha value is -1.41. The summed E-state index contributed by atoms with van der Waals surface area (Å²) in [6.07, 6.45) is -7.50. The van der Waals surface area contributed by atoms with E-state index in [0.717, 1.165) is 12.1 Å². The van der Waals surface area contributed by atoms with Gasteiger partial charge in [-0.15, -0.1) is 0 Å². The fraction of sp³-hybridized carbons (Fsp3) is 0.538. The molecule has 0 atom stereocenters. The van der Waals surface area contributed by atoms with E-state index >= 15 is 0 Å². The molecule has 0 saturated heterocycles. The Kier molecular flexibility index (Phi) is 6.83. The van der Waals surface area contributed by atoms with Crippen LogP contribution in [0.5, 0.6) is 5.75 Å². The van der Waals surface area contributed by atoms with Crippen LogP contribution in [-0.4, -0.2) is 33.3 Å². The van der Waals surface area contributed by atoms with E-state index in [0.29, 0.717) is 18.7 Å². The summed E-state index contributed by atoms with van der Waals surface area (Å²) in [5.41, 5.74) is -0.683. The van der Waals surface area contributed by atoms with Gasteiger partial charge < -0.3 is 14.8 Å². The predicted octanol–water partition coefficient (Wildman–Crippen LogP) is 3.09. The van der Waals surface area contributed by atoms with Crippen LogP contribution in [0.3, 0.4) is 0 Å². The van der Waals surface area contributed by atoms with Crippen molar-refractivity contribution in [1.82, 2.24) is 5.32 Å². The SMILES string of the molecule is COCCNCc1ccc(OCC(F)F)c(C(F)(F)F)c1. The Labute approximate surface area is 119 Å². The Morgan fingerprint density at radius 3 is 2.52 bits per heavy atom.